The summed E-state index contributed by atoms with van der Waals surface area (Å²) in [5.74, 6) is -0.260. The van der Waals surface area contributed by atoms with E-state index in [4.69, 9.17) is 16.3 Å². The molecule has 0 aliphatic rings. The van der Waals surface area contributed by atoms with Crippen LogP contribution in [0.25, 0.3) is 0 Å². The second-order valence-electron chi connectivity index (χ2n) is 3.81. The van der Waals surface area contributed by atoms with Gasteiger partial charge in [-0.2, -0.15) is 0 Å². The summed E-state index contributed by atoms with van der Waals surface area (Å²) in [5.41, 5.74) is 0.788. The van der Waals surface area contributed by atoms with Gasteiger partial charge >= 0.3 is 0 Å². The van der Waals surface area contributed by atoms with Gasteiger partial charge in [0.2, 0.25) is 0 Å². The Balaban J connectivity index is 2.20. The molecule has 0 aliphatic heterocycles. The third-order valence-electron chi connectivity index (χ3n) is 2.50. The molecule has 98 valence electrons. The van der Waals surface area contributed by atoms with E-state index in [1.165, 1.54) is 19.2 Å². The van der Waals surface area contributed by atoms with Gasteiger partial charge in [0.1, 0.15) is 11.6 Å². The van der Waals surface area contributed by atoms with Crippen molar-refractivity contribution in [2.45, 2.75) is 0 Å². The summed E-state index contributed by atoms with van der Waals surface area (Å²) in [6, 6.07) is 10.5. The lowest BCUT2D eigenvalue weighted by molar-refractivity contribution is 0.102. The fraction of sp³-hybridized carbons (Fsp3) is 0.0714. The van der Waals surface area contributed by atoms with Crippen LogP contribution in [0.4, 0.5) is 10.1 Å². The van der Waals surface area contributed by atoms with Crippen molar-refractivity contribution in [3.63, 3.8) is 0 Å². The number of methoxy groups -OCH3 is 1. The SMILES string of the molecule is COc1cccc(NC(=O)c2ccc(F)cc2Cl)c1. The van der Waals surface area contributed by atoms with Crippen molar-refractivity contribution >= 4 is 23.2 Å². The lowest BCUT2D eigenvalue weighted by Gasteiger charge is -2.08. The number of rotatable bonds is 3. The topological polar surface area (TPSA) is 38.3 Å². The molecule has 0 radical (unpaired) electrons. The number of anilines is 1. The van der Waals surface area contributed by atoms with E-state index in [-0.39, 0.29) is 10.6 Å². The van der Waals surface area contributed by atoms with Crippen LogP contribution in [-0.4, -0.2) is 13.0 Å². The van der Waals surface area contributed by atoms with E-state index in [1.54, 1.807) is 24.3 Å². The van der Waals surface area contributed by atoms with E-state index < -0.39 is 11.7 Å². The van der Waals surface area contributed by atoms with Crippen molar-refractivity contribution in [3.05, 3.63) is 58.9 Å². The van der Waals surface area contributed by atoms with Crippen molar-refractivity contribution < 1.29 is 13.9 Å². The maximum atomic E-state index is 12.9. The minimum atomic E-state index is -0.483. The van der Waals surface area contributed by atoms with E-state index in [2.05, 4.69) is 5.32 Å². The number of carbonyl (C=O) groups excluding carboxylic acids is 1. The molecule has 0 saturated heterocycles. The molecule has 2 rings (SSSR count). The lowest BCUT2D eigenvalue weighted by atomic mass is 10.2. The average molecular weight is 280 g/mol. The highest BCUT2D eigenvalue weighted by atomic mass is 35.5. The van der Waals surface area contributed by atoms with Crippen LogP contribution in [0.1, 0.15) is 10.4 Å². The number of ether oxygens (including phenoxy) is 1. The van der Waals surface area contributed by atoms with Crippen molar-refractivity contribution in [1.29, 1.82) is 0 Å². The highest BCUT2D eigenvalue weighted by molar-refractivity contribution is 6.34. The van der Waals surface area contributed by atoms with Gasteiger partial charge in [0.15, 0.2) is 0 Å². The molecule has 0 aromatic heterocycles. The monoisotopic (exact) mass is 279 g/mol. The molecule has 5 heteroatoms. The first-order valence-corrected chi connectivity index (χ1v) is 5.88. The summed E-state index contributed by atoms with van der Waals surface area (Å²) >= 11 is 5.82. The molecule has 3 nitrogen and oxygen atoms in total. The first-order chi connectivity index (χ1) is 9.10. The summed E-state index contributed by atoms with van der Waals surface area (Å²) in [6.45, 7) is 0. The molecule has 0 unspecified atom stereocenters. The minimum absolute atomic E-state index is 0.0698. The number of halogens is 2. The molecule has 0 bridgehead atoms. The largest absolute Gasteiger partial charge is 0.497 e. The highest BCUT2D eigenvalue weighted by Crippen LogP contribution is 2.21. The molecule has 2 aromatic carbocycles. The Hall–Kier alpha value is -2.07. The lowest BCUT2D eigenvalue weighted by Crippen LogP contribution is -2.12. The molecule has 0 aliphatic carbocycles. The van der Waals surface area contributed by atoms with Gasteiger partial charge in [-0.3, -0.25) is 4.79 Å². The summed E-state index contributed by atoms with van der Waals surface area (Å²) < 4.78 is 18.0. The van der Waals surface area contributed by atoms with Gasteiger partial charge in [0.25, 0.3) is 5.91 Å². The smallest absolute Gasteiger partial charge is 0.257 e. The Morgan fingerprint density at radius 3 is 2.74 bits per heavy atom. The van der Waals surface area contributed by atoms with Crippen LogP contribution in [0, 0.1) is 5.82 Å². The molecule has 0 spiro atoms. The Kier molecular flexibility index (Phi) is 4.02. The van der Waals surface area contributed by atoms with Crippen LogP contribution in [0.2, 0.25) is 5.02 Å². The standard InChI is InChI=1S/C14H11ClFNO2/c1-19-11-4-2-3-10(8-11)17-14(18)12-6-5-9(16)7-13(12)15/h2-8H,1H3,(H,17,18). The molecule has 0 fully saturated rings. The van der Waals surface area contributed by atoms with Crippen molar-refractivity contribution in [2.24, 2.45) is 0 Å². The fourth-order valence-corrected chi connectivity index (χ4v) is 1.83. The number of amides is 1. The van der Waals surface area contributed by atoms with Crippen LogP contribution in [0.3, 0.4) is 0 Å². The molecular weight excluding hydrogens is 269 g/mol. The molecule has 2 aromatic rings. The molecule has 1 N–H and O–H groups in total. The Morgan fingerprint density at radius 1 is 1.26 bits per heavy atom. The number of carbonyl (C=O) groups is 1. The van der Waals surface area contributed by atoms with E-state index in [1.807, 2.05) is 0 Å². The first kappa shape index (κ1) is 13.4. The first-order valence-electron chi connectivity index (χ1n) is 5.50. The molecule has 0 heterocycles. The molecular formula is C14H11ClFNO2. The fourth-order valence-electron chi connectivity index (χ4n) is 1.57. The van der Waals surface area contributed by atoms with Gasteiger partial charge in [0.05, 0.1) is 17.7 Å². The molecule has 0 saturated carbocycles. The normalized spacial score (nSPS) is 10.1. The third-order valence-corrected chi connectivity index (χ3v) is 2.82. The Labute approximate surface area is 115 Å². The predicted octanol–water partition coefficient (Wildman–Crippen LogP) is 3.74. The molecule has 0 atom stereocenters. The summed E-state index contributed by atoms with van der Waals surface area (Å²) in [5, 5.41) is 2.74. The van der Waals surface area contributed by atoms with Crippen LogP contribution < -0.4 is 10.1 Å². The van der Waals surface area contributed by atoms with E-state index in [0.29, 0.717) is 11.4 Å². The van der Waals surface area contributed by atoms with E-state index >= 15 is 0 Å². The second-order valence-corrected chi connectivity index (χ2v) is 4.22. The van der Waals surface area contributed by atoms with Gasteiger partial charge in [-0.15, -0.1) is 0 Å². The van der Waals surface area contributed by atoms with Crippen LogP contribution in [0.5, 0.6) is 5.75 Å². The van der Waals surface area contributed by atoms with Crippen LogP contribution >= 0.6 is 11.6 Å². The Morgan fingerprint density at radius 2 is 2.05 bits per heavy atom. The average Bonchev–Trinajstić information content (AvgIpc) is 2.38. The van der Waals surface area contributed by atoms with Crippen molar-refractivity contribution in [3.8, 4) is 5.75 Å². The van der Waals surface area contributed by atoms with Gasteiger partial charge < -0.3 is 10.1 Å². The Bertz CT molecular complexity index is 616. The zero-order chi connectivity index (χ0) is 13.8. The van der Waals surface area contributed by atoms with E-state index in [9.17, 15) is 9.18 Å². The van der Waals surface area contributed by atoms with Crippen molar-refractivity contribution in [1.82, 2.24) is 0 Å². The molecule has 1 amide bonds. The zero-order valence-corrected chi connectivity index (χ0v) is 10.9. The van der Waals surface area contributed by atoms with Crippen LogP contribution in [0.15, 0.2) is 42.5 Å². The summed E-state index contributed by atoms with van der Waals surface area (Å²) in [6.07, 6.45) is 0. The van der Waals surface area contributed by atoms with Crippen molar-refractivity contribution in [2.75, 3.05) is 12.4 Å². The maximum absolute atomic E-state index is 12.9. The second kappa shape index (κ2) is 5.71. The highest BCUT2D eigenvalue weighted by Gasteiger charge is 2.11. The maximum Gasteiger partial charge on any atom is 0.257 e. The third kappa shape index (κ3) is 3.23. The summed E-state index contributed by atoms with van der Waals surface area (Å²) in [7, 11) is 1.54. The van der Waals surface area contributed by atoms with Crippen LogP contribution in [-0.2, 0) is 0 Å². The predicted molar refractivity (Wildman–Crippen MR) is 72.4 cm³/mol. The van der Waals surface area contributed by atoms with E-state index in [0.717, 1.165) is 6.07 Å². The zero-order valence-electron chi connectivity index (χ0n) is 10.1. The number of hydrogen-bond acceptors (Lipinski definition) is 2. The minimum Gasteiger partial charge on any atom is -0.497 e. The molecule has 19 heavy (non-hydrogen) atoms. The van der Waals surface area contributed by atoms with Gasteiger partial charge in [0, 0.05) is 11.8 Å². The number of nitrogens with one attached hydrogen (secondary N) is 1. The number of hydrogen-bond donors (Lipinski definition) is 1. The number of benzene rings is 2. The van der Waals surface area contributed by atoms with Gasteiger partial charge in [-0.25, -0.2) is 4.39 Å². The van der Waals surface area contributed by atoms with Gasteiger partial charge in [-0.05, 0) is 30.3 Å². The van der Waals surface area contributed by atoms with Gasteiger partial charge in [-0.1, -0.05) is 17.7 Å². The quantitative estimate of drug-likeness (QED) is 0.929. The summed E-state index contributed by atoms with van der Waals surface area (Å²) in [4.78, 5) is 12.0.